The van der Waals surface area contributed by atoms with Gasteiger partial charge in [0.2, 0.25) is 0 Å². The van der Waals surface area contributed by atoms with E-state index in [0.29, 0.717) is 0 Å². The molecule has 0 spiro atoms. The molecule has 0 bridgehead atoms. The van der Waals surface area contributed by atoms with Crippen molar-refractivity contribution in [1.29, 1.82) is 0 Å². The lowest BCUT2D eigenvalue weighted by molar-refractivity contribution is 0.148. The standard InChI is InChI=1S/C15H16N2O/c18-15(12-5-3-9-16-10-12)14-8-7-11-4-1-2-6-13(11)17-14/h1-6,9-10,14-15,17-18H,7-8H2. The minimum absolute atomic E-state index is 0.0594. The first-order chi connectivity index (χ1) is 8.84. The van der Waals surface area contributed by atoms with Gasteiger partial charge in [-0.15, -0.1) is 0 Å². The summed E-state index contributed by atoms with van der Waals surface area (Å²) in [5, 5.41) is 13.8. The van der Waals surface area contributed by atoms with E-state index in [1.165, 1.54) is 5.56 Å². The first-order valence-electron chi connectivity index (χ1n) is 6.27. The molecular formula is C15H16N2O. The van der Waals surface area contributed by atoms with Crippen molar-refractivity contribution in [3.05, 3.63) is 59.9 Å². The largest absolute Gasteiger partial charge is 0.386 e. The summed E-state index contributed by atoms with van der Waals surface area (Å²) >= 11 is 0. The van der Waals surface area contributed by atoms with Crippen LogP contribution in [0.2, 0.25) is 0 Å². The molecule has 2 unspecified atom stereocenters. The Labute approximate surface area is 107 Å². The van der Waals surface area contributed by atoms with E-state index in [2.05, 4.69) is 28.5 Å². The monoisotopic (exact) mass is 240 g/mol. The fraction of sp³-hybridized carbons (Fsp3) is 0.267. The molecule has 0 saturated heterocycles. The van der Waals surface area contributed by atoms with Crippen LogP contribution in [0.5, 0.6) is 0 Å². The Bertz CT molecular complexity index is 527. The maximum absolute atomic E-state index is 10.4. The van der Waals surface area contributed by atoms with Gasteiger partial charge in [0.15, 0.2) is 0 Å². The average Bonchev–Trinajstić information content (AvgIpc) is 2.47. The number of hydrogen-bond acceptors (Lipinski definition) is 3. The van der Waals surface area contributed by atoms with Crippen LogP contribution in [0.4, 0.5) is 5.69 Å². The number of nitrogens with one attached hydrogen (secondary N) is 1. The molecule has 2 atom stereocenters. The molecule has 2 N–H and O–H groups in total. The van der Waals surface area contributed by atoms with Gasteiger partial charge in [0.05, 0.1) is 6.04 Å². The van der Waals surface area contributed by atoms with E-state index >= 15 is 0 Å². The van der Waals surface area contributed by atoms with Crippen molar-refractivity contribution in [2.75, 3.05) is 5.32 Å². The second-order valence-electron chi connectivity index (χ2n) is 4.68. The van der Waals surface area contributed by atoms with Crippen LogP contribution in [0.25, 0.3) is 0 Å². The number of nitrogens with zero attached hydrogens (tertiary/aromatic N) is 1. The van der Waals surface area contributed by atoms with Gasteiger partial charge in [-0.3, -0.25) is 4.98 Å². The van der Waals surface area contributed by atoms with Crippen LogP contribution in [-0.2, 0) is 6.42 Å². The number of pyridine rings is 1. The zero-order chi connectivity index (χ0) is 12.4. The van der Waals surface area contributed by atoms with Gasteiger partial charge in [-0.2, -0.15) is 0 Å². The summed E-state index contributed by atoms with van der Waals surface area (Å²) in [4.78, 5) is 4.06. The Hall–Kier alpha value is -1.87. The van der Waals surface area contributed by atoms with Gasteiger partial charge in [-0.1, -0.05) is 24.3 Å². The molecule has 92 valence electrons. The Kier molecular flexibility index (Phi) is 2.99. The van der Waals surface area contributed by atoms with E-state index in [0.717, 1.165) is 24.1 Å². The van der Waals surface area contributed by atoms with E-state index in [9.17, 15) is 5.11 Å². The summed E-state index contributed by atoms with van der Waals surface area (Å²) in [5.41, 5.74) is 3.33. The van der Waals surface area contributed by atoms with Crippen molar-refractivity contribution in [2.24, 2.45) is 0 Å². The van der Waals surface area contributed by atoms with Crippen molar-refractivity contribution < 1.29 is 5.11 Å². The maximum atomic E-state index is 10.4. The van der Waals surface area contributed by atoms with Gasteiger partial charge in [-0.05, 0) is 30.5 Å². The van der Waals surface area contributed by atoms with Gasteiger partial charge in [0.25, 0.3) is 0 Å². The topological polar surface area (TPSA) is 45.2 Å². The number of benzene rings is 1. The molecule has 1 aliphatic heterocycles. The third-order valence-electron chi connectivity index (χ3n) is 3.49. The number of aliphatic hydroxyl groups is 1. The molecule has 0 amide bonds. The number of rotatable bonds is 2. The smallest absolute Gasteiger partial charge is 0.101 e. The molecule has 3 nitrogen and oxygen atoms in total. The van der Waals surface area contributed by atoms with Crippen LogP contribution in [0.3, 0.4) is 0 Å². The molecule has 0 fully saturated rings. The lowest BCUT2D eigenvalue weighted by Crippen LogP contribution is -2.31. The van der Waals surface area contributed by atoms with Gasteiger partial charge < -0.3 is 10.4 Å². The maximum Gasteiger partial charge on any atom is 0.101 e. The lowest BCUT2D eigenvalue weighted by atomic mass is 9.92. The second-order valence-corrected chi connectivity index (χ2v) is 4.68. The highest BCUT2D eigenvalue weighted by molar-refractivity contribution is 5.54. The Morgan fingerprint density at radius 3 is 2.94 bits per heavy atom. The molecule has 0 saturated carbocycles. The quantitative estimate of drug-likeness (QED) is 0.848. The number of hydrogen-bond donors (Lipinski definition) is 2. The molecule has 0 aliphatic carbocycles. The summed E-state index contributed by atoms with van der Waals surface area (Å²) in [6, 6.07) is 12.1. The zero-order valence-corrected chi connectivity index (χ0v) is 10.1. The first kappa shape index (κ1) is 11.2. The third kappa shape index (κ3) is 2.09. The van der Waals surface area contributed by atoms with Crippen molar-refractivity contribution in [3.8, 4) is 0 Å². The van der Waals surface area contributed by atoms with Crippen LogP contribution in [0.1, 0.15) is 23.7 Å². The highest BCUT2D eigenvalue weighted by Crippen LogP contribution is 2.30. The molecule has 18 heavy (non-hydrogen) atoms. The summed E-state index contributed by atoms with van der Waals surface area (Å²) in [7, 11) is 0. The summed E-state index contributed by atoms with van der Waals surface area (Å²) < 4.78 is 0. The van der Waals surface area contributed by atoms with E-state index < -0.39 is 6.10 Å². The molecular weight excluding hydrogens is 224 g/mol. The normalized spacial score (nSPS) is 19.7. The molecule has 2 heterocycles. The van der Waals surface area contributed by atoms with E-state index in [4.69, 9.17) is 0 Å². The van der Waals surface area contributed by atoms with Crippen LogP contribution in [0.15, 0.2) is 48.8 Å². The van der Waals surface area contributed by atoms with Gasteiger partial charge in [0, 0.05) is 23.6 Å². The van der Waals surface area contributed by atoms with Crippen LogP contribution >= 0.6 is 0 Å². The predicted molar refractivity (Wildman–Crippen MR) is 71.4 cm³/mol. The van der Waals surface area contributed by atoms with Gasteiger partial charge >= 0.3 is 0 Å². The Morgan fingerprint density at radius 1 is 1.22 bits per heavy atom. The summed E-state index contributed by atoms with van der Waals surface area (Å²) in [5.74, 6) is 0. The average molecular weight is 240 g/mol. The van der Waals surface area contributed by atoms with Crippen molar-refractivity contribution in [2.45, 2.75) is 25.0 Å². The van der Waals surface area contributed by atoms with Crippen molar-refractivity contribution in [1.82, 2.24) is 4.98 Å². The van der Waals surface area contributed by atoms with E-state index in [1.54, 1.807) is 12.4 Å². The molecule has 1 aromatic carbocycles. The van der Waals surface area contributed by atoms with E-state index in [1.807, 2.05) is 18.2 Å². The molecule has 3 rings (SSSR count). The Morgan fingerprint density at radius 2 is 2.11 bits per heavy atom. The number of aliphatic hydroxyl groups excluding tert-OH is 1. The highest BCUT2D eigenvalue weighted by atomic mass is 16.3. The first-order valence-corrected chi connectivity index (χ1v) is 6.27. The predicted octanol–water partition coefficient (Wildman–Crippen LogP) is 2.54. The third-order valence-corrected chi connectivity index (χ3v) is 3.49. The van der Waals surface area contributed by atoms with Crippen molar-refractivity contribution in [3.63, 3.8) is 0 Å². The SMILES string of the molecule is OC(c1cccnc1)C1CCc2ccccc2N1. The summed E-state index contributed by atoms with van der Waals surface area (Å²) in [6.07, 6.45) is 4.89. The molecule has 1 aliphatic rings. The minimum atomic E-state index is -0.507. The van der Waals surface area contributed by atoms with Gasteiger partial charge in [0.1, 0.15) is 6.10 Å². The summed E-state index contributed by atoms with van der Waals surface area (Å²) in [6.45, 7) is 0. The molecule has 3 heteroatoms. The molecule has 2 aromatic rings. The number of anilines is 1. The number of fused-ring (bicyclic) bond motifs is 1. The van der Waals surface area contributed by atoms with Crippen molar-refractivity contribution >= 4 is 5.69 Å². The van der Waals surface area contributed by atoms with Crippen LogP contribution in [-0.4, -0.2) is 16.1 Å². The molecule has 0 radical (unpaired) electrons. The number of aromatic nitrogens is 1. The number of aryl methyl sites for hydroxylation is 1. The van der Waals surface area contributed by atoms with E-state index in [-0.39, 0.29) is 6.04 Å². The second kappa shape index (κ2) is 4.78. The van der Waals surface area contributed by atoms with Crippen LogP contribution < -0.4 is 5.32 Å². The lowest BCUT2D eigenvalue weighted by Gasteiger charge is -2.30. The fourth-order valence-electron chi connectivity index (χ4n) is 2.48. The zero-order valence-electron chi connectivity index (χ0n) is 10.1. The van der Waals surface area contributed by atoms with Crippen LogP contribution in [0, 0.1) is 0 Å². The highest BCUT2D eigenvalue weighted by Gasteiger charge is 2.25. The molecule has 1 aromatic heterocycles. The number of para-hydroxylation sites is 1. The fourth-order valence-corrected chi connectivity index (χ4v) is 2.48. The minimum Gasteiger partial charge on any atom is -0.386 e. The van der Waals surface area contributed by atoms with Gasteiger partial charge in [-0.25, -0.2) is 0 Å². The Balaban J connectivity index is 1.80.